The van der Waals surface area contributed by atoms with Gasteiger partial charge in [0, 0.05) is 19.0 Å². The Kier molecular flexibility index (Phi) is 29.3. The number of nitrogen functional groups attached to an aromatic ring is 1. The largest absolute Gasteiger partial charge is 0.481 e. The van der Waals surface area contributed by atoms with Crippen LogP contribution in [-0.2, 0) is 51.0 Å². The number of aliphatic hydroxyl groups is 2. The van der Waals surface area contributed by atoms with Crippen molar-refractivity contribution >= 4 is 33.4 Å². The Morgan fingerprint density at radius 2 is 1.39 bits per heavy atom. The lowest BCUT2D eigenvalue weighted by Gasteiger charge is -2.21. The summed E-state index contributed by atoms with van der Waals surface area (Å²) in [6, 6.07) is 1.24. The lowest BCUT2D eigenvalue weighted by molar-refractivity contribution is -0.161. The second-order valence-electron chi connectivity index (χ2n) is 18.2. The molecule has 0 aromatic carbocycles. The van der Waals surface area contributed by atoms with Crippen molar-refractivity contribution in [3.05, 3.63) is 59.2 Å². The highest BCUT2D eigenvalue weighted by Crippen LogP contribution is 2.60. The van der Waals surface area contributed by atoms with E-state index in [4.69, 9.17) is 33.7 Å². The number of carbonyl (C=O) groups is 2. The molecule has 0 saturated carbocycles. The summed E-state index contributed by atoms with van der Waals surface area (Å²) in [7, 11) is -10.9. The number of aliphatic hydroxyl groups excluding tert-OH is 2. The van der Waals surface area contributed by atoms with Crippen molar-refractivity contribution in [1.82, 2.24) is 9.55 Å². The Labute approximate surface area is 408 Å². The minimum Gasteiger partial charge on any atom is -0.462 e. The zero-order valence-electron chi connectivity index (χ0n) is 41.0. The molecule has 6 N–H and O–H groups in total. The Balaban J connectivity index is 1.42. The van der Waals surface area contributed by atoms with Crippen LogP contribution in [0.5, 0.6) is 0 Å². The van der Waals surface area contributed by atoms with Gasteiger partial charge in [0.1, 0.15) is 30.7 Å². The smallest absolute Gasteiger partial charge is 0.462 e. The first-order valence-corrected chi connectivity index (χ1v) is 28.0. The van der Waals surface area contributed by atoms with Crippen molar-refractivity contribution in [2.75, 3.05) is 25.6 Å². The maximum absolute atomic E-state index is 12.8. The fourth-order valence-electron chi connectivity index (χ4n) is 7.58. The number of epoxide rings is 1. The molecule has 9 atom stereocenters. The number of hydrogen-bond donors (Lipinski definition) is 5. The van der Waals surface area contributed by atoms with Crippen LogP contribution in [0.3, 0.4) is 0 Å². The number of hydrogen-bond acceptors (Lipinski definition) is 16. The lowest BCUT2D eigenvalue weighted by atomic mass is 10.0. The molecule has 19 nitrogen and oxygen atoms in total. The molecule has 2 aliphatic rings. The summed E-state index contributed by atoms with van der Waals surface area (Å²) in [4.78, 5) is 61.8. The van der Waals surface area contributed by atoms with Crippen molar-refractivity contribution in [3.63, 3.8) is 0 Å². The van der Waals surface area contributed by atoms with E-state index in [1.165, 1.54) is 63.9 Å². The molecular formula is C48H81N3O16P2. The number of nitrogens with two attached hydrogens (primary N) is 1. The number of phosphoric acid groups is 2. The topological polar surface area (TPSA) is 278 Å². The molecule has 0 bridgehead atoms. The van der Waals surface area contributed by atoms with Crippen molar-refractivity contribution in [3.8, 4) is 0 Å². The predicted octanol–water partition coefficient (Wildman–Crippen LogP) is 8.84. The molecule has 394 valence electrons. The van der Waals surface area contributed by atoms with Crippen LogP contribution in [0, 0.1) is 5.92 Å². The van der Waals surface area contributed by atoms with E-state index in [1.54, 1.807) is 0 Å². The Morgan fingerprint density at radius 1 is 0.768 bits per heavy atom. The molecule has 2 fully saturated rings. The molecule has 0 radical (unpaired) electrons. The van der Waals surface area contributed by atoms with E-state index in [-0.39, 0.29) is 18.7 Å². The van der Waals surface area contributed by atoms with Crippen LogP contribution >= 0.6 is 15.6 Å². The van der Waals surface area contributed by atoms with Crippen LogP contribution in [-0.4, -0.2) is 97.9 Å². The highest BCUT2D eigenvalue weighted by Gasteiger charge is 2.46. The van der Waals surface area contributed by atoms with Crippen LogP contribution in [0.1, 0.15) is 168 Å². The fraction of sp³-hybridized carbons (Fsp3) is 0.750. The number of nitrogens with zero attached hydrogens (tertiary/aromatic N) is 2. The van der Waals surface area contributed by atoms with Gasteiger partial charge in [-0.3, -0.25) is 23.2 Å². The van der Waals surface area contributed by atoms with E-state index >= 15 is 0 Å². The zero-order valence-corrected chi connectivity index (χ0v) is 42.8. The molecule has 3 heterocycles. The molecule has 3 rings (SSSR count). The van der Waals surface area contributed by atoms with E-state index in [0.29, 0.717) is 31.5 Å². The van der Waals surface area contributed by atoms with E-state index < -0.39 is 83.7 Å². The van der Waals surface area contributed by atoms with Gasteiger partial charge in [0.25, 0.3) is 0 Å². The Hall–Kier alpha value is -3.06. The maximum Gasteiger partial charge on any atom is 0.481 e. The highest BCUT2D eigenvalue weighted by atomic mass is 31.3. The fourth-order valence-corrected chi connectivity index (χ4v) is 9.69. The minimum absolute atomic E-state index is 0.0290. The van der Waals surface area contributed by atoms with Crippen LogP contribution in [0.15, 0.2) is 53.5 Å². The molecule has 1 aromatic rings. The van der Waals surface area contributed by atoms with Gasteiger partial charge >= 0.3 is 33.3 Å². The zero-order chi connectivity index (χ0) is 50.5. The second kappa shape index (κ2) is 33.6. The van der Waals surface area contributed by atoms with Crippen molar-refractivity contribution < 1.29 is 71.0 Å². The molecule has 2 aliphatic heterocycles. The first kappa shape index (κ1) is 60.2. The number of rotatable bonds is 39. The third kappa shape index (κ3) is 26.8. The van der Waals surface area contributed by atoms with Gasteiger partial charge in [-0.15, -0.1) is 0 Å². The van der Waals surface area contributed by atoms with Crippen molar-refractivity contribution in [2.24, 2.45) is 5.92 Å². The van der Waals surface area contributed by atoms with Gasteiger partial charge in [0.15, 0.2) is 12.3 Å². The maximum atomic E-state index is 12.8. The molecule has 21 heteroatoms. The van der Waals surface area contributed by atoms with Gasteiger partial charge in [0.05, 0.1) is 25.4 Å². The van der Waals surface area contributed by atoms with E-state index in [2.05, 4.69) is 54.4 Å². The molecule has 69 heavy (non-hydrogen) atoms. The molecule has 4 unspecified atom stereocenters. The number of anilines is 1. The third-order valence-electron chi connectivity index (χ3n) is 11.6. The number of unbranched alkanes of at least 4 members (excludes halogenated alkanes) is 12. The number of phosphoric ester groups is 2. The SMILES string of the molecule is CCCCCC1OC1C/C=C\C/C=C\C/C=C\CCCC(=O)O[C@H](COC(=O)CCCCCCCCCCCCC(C)C)COP(=O)(O)OP(=O)(O)OC[C@H]1O[C@@H](n2ccc(N)nc2=O)[C@H](O)[C@@H]1O. The normalized spacial score (nSPS) is 22.7. The Bertz CT molecular complexity index is 1880. The van der Waals surface area contributed by atoms with E-state index in [1.807, 2.05) is 12.2 Å². The molecule has 0 aliphatic carbocycles. The summed E-state index contributed by atoms with van der Waals surface area (Å²) in [5, 5.41) is 20.9. The lowest BCUT2D eigenvalue weighted by Crippen LogP contribution is -2.36. The predicted molar refractivity (Wildman–Crippen MR) is 260 cm³/mol. The summed E-state index contributed by atoms with van der Waals surface area (Å²) >= 11 is 0. The van der Waals surface area contributed by atoms with Crippen molar-refractivity contribution in [2.45, 2.75) is 205 Å². The Morgan fingerprint density at radius 3 is 2.06 bits per heavy atom. The average Bonchev–Trinajstić information content (AvgIpc) is 3.98. The number of carbonyl (C=O) groups excluding carboxylic acids is 2. The van der Waals surface area contributed by atoms with Gasteiger partial charge in [-0.1, -0.05) is 141 Å². The number of ether oxygens (including phenoxy) is 4. The van der Waals surface area contributed by atoms with E-state index in [0.717, 1.165) is 68.0 Å². The quantitative estimate of drug-likeness (QED) is 0.0135. The molecule has 2 saturated heterocycles. The number of esters is 2. The molecule has 1 aromatic heterocycles. The van der Waals surface area contributed by atoms with E-state index in [9.17, 15) is 43.5 Å². The van der Waals surface area contributed by atoms with Gasteiger partial charge in [-0.05, 0) is 56.9 Å². The monoisotopic (exact) mass is 1020 g/mol. The first-order valence-electron chi connectivity index (χ1n) is 25.0. The third-order valence-corrected chi connectivity index (χ3v) is 14.2. The number of allylic oxidation sites excluding steroid dienone is 5. The standard InChI is InChI=1S/C48H81N3O16P2/c1-4-5-22-28-39-40(65-39)29-24-19-15-11-7-9-13-17-21-26-31-44(53)64-38(34-61-43(52)30-25-20-16-12-8-6-10-14-18-23-27-37(2)3)35-62-68(57,58)67-69(59,60)63-36-41-45(54)46(55)47(66-41)51-33-32-42(49)50-48(51)56/h7,11,13,17,19,24,32-33,37-41,45-47,54-55H,4-6,8-10,12,14-16,18,20-23,25-31,34-36H2,1-3H3,(H,57,58)(H,59,60)(H2,49,50,56)/b11-7-,17-13-,24-19-/t38-,39?,40?,41-,45-,46-,47-/m1/s1. The van der Waals surface area contributed by atoms with Crippen LogP contribution in [0.4, 0.5) is 5.82 Å². The summed E-state index contributed by atoms with van der Waals surface area (Å²) < 4.78 is 62.4. The molecule has 0 amide bonds. The summed E-state index contributed by atoms with van der Waals surface area (Å²) in [6.45, 7) is 4.34. The number of aromatic nitrogens is 2. The molecule has 0 spiro atoms. The highest BCUT2D eigenvalue weighted by molar-refractivity contribution is 7.61. The van der Waals surface area contributed by atoms with Gasteiger partial charge < -0.3 is 44.7 Å². The van der Waals surface area contributed by atoms with Gasteiger partial charge in [0.2, 0.25) is 0 Å². The van der Waals surface area contributed by atoms with Gasteiger partial charge in [-0.2, -0.15) is 9.29 Å². The van der Waals surface area contributed by atoms with Gasteiger partial charge in [-0.25, -0.2) is 13.9 Å². The molecular weight excluding hydrogens is 936 g/mol. The minimum atomic E-state index is -5.44. The van der Waals surface area contributed by atoms with Crippen LogP contribution in [0.2, 0.25) is 0 Å². The summed E-state index contributed by atoms with van der Waals surface area (Å²) in [6.07, 6.45) is 27.1. The van der Waals surface area contributed by atoms with Crippen LogP contribution in [0.25, 0.3) is 0 Å². The second-order valence-corrected chi connectivity index (χ2v) is 21.2. The average molecular weight is 1020 g/mol. The van der Waals surface area contributed by atoms with Crippen molar-refractivity contribution in [1.29, 1.82) is 0 Å². The van der Waals surface area contributed by atoms with Crippen LogP contribution < -0.4 is 11.4 Å². The summed E-state index contributed by atoms with van der Waals surface area (Å²) in [5.41, 5.74) is 4.58. The first-order chi connectivity index (χ1) is 33.0. The summed E-state index contributed by atoms with van der Waals surface area (Å²) in [5.74, 6) is -0.618.